The lowest BCUT2D eigenvalue weighted by molar-refractivity contribution is -0.136. The molecule has 5 nitrogen and oxygen atoms in total. The number of benzene rings is 1. The number of rotatable bonds is 2. The van der Waals surface area contributed by atoms with Gasteiger partial charge in [-0.1, -0.05) is 6.07 Å². The highest BCUT2D eigenvalue weighted by molar-refractivity contribution is 6.04. The molecule has 1 aliphatic heterocycles. The molecule has 0 saturated heterocycles. The maximum atomic E-state index is 11.7. The Morgan fingerprint density at radius 1 is 1.53 bits per heavy atom. The smallest absolute Gasteiger partial charge is 0.307 e. The fraction of sp³-hybridized carbons (Fsp3) is 0.333. The Morgan fingerprint density at radius 2 is 2.24 bits per heavy atom. The van der Waals surface area contributed by atoms with Gasteiger partial charge in [0.2, 0.25) is 5.91 Å². The van der Waals surface area contributed by atoms with Gasteiger partial charge in [-0.15, -0.1) is 0 Å². The van der Waals surface area contributed by atoms with Gasteiger partial charge in [-0.3, -0.25) is 9.59 Å². The highest BCUT2D eigenvalue weighted by Gasteiger charge is 2.26. The molecule has 1 aromatic carbocycles. The third-order valence-electron chi connectivity index (χ3n) is 2.85. The average molecular weight is 234 g/mol. The van der Waals surface area contributed by atoms with Crippen LogP contribution in [0, 0.1) is 0 Å². The van der Waals surface area contributed by atoms with Gasteiger partial charge in [0, 0.05) is 7.05 Å². The topological polar surface area (TPSA) is 69.6 Å². The SMILES string of the molecule is CC1Nc2cc(CC(=O)O)ccc2N(C)C1=O. The van der Waals surface area contributed by atoms with Crippen LogP contribution in [0.5, 0.6) is 0 Å². The number of carbonyl (C=O) groups is 2. The molecule has 0 radical (unpaired) electrons. The zero-order valence-corrected chi connectivity index (χ0v) is 9.73. The summed E-state index contributed by atoms with van der Waals surface area (Å²) in [6, 6.07) is 4.99. The van der Waals surface area contributed by atoms with Crippen LogP contribution in [0.25, 0.3) is 0 Å². The summed E-state index contributed by atoms with van der Waals surface area (Å²) in [6.45, 7) is 1.78. The van der Waals surface area contributed by atoms with Gasteiger partial charge < -0.3 is 15.3 Å². The predicted octanol–water partition coefficient (Wildman–Crippen LogP) is 1.09. The van der Waals surface area contributed by atoms with E-state index in [0.717, 1.165) is 16.9 Å². The summed E-state index contributed by atoms with van der Waals surface area (Å²) in [5, 5.41) is 11.8. The molecule has 1 unspecified atom stereocenters. The predicted molar refractivity (Wildman–Crippen MR) is 64.3 cm³/mol. The van der Waals surface area contributed by atoms with Crippen molar-refractivity contribution in [3.05, 3.63) is 23.8 Å². The fourth-order valence-electron chi connectivity index (χ4n) is 1.98. The Morgan fingerprint density at radius 3 is 2.88 bits per heavy atom. The van der Waals surface area contributed by atoms with E-state index < -0.39 is 5.97 Å². The maximum Gasteiger partial charge on any atom is 0.307 e. The molecule has 1 heterocycles. The molecule has 1 aromatic rings. The molecule has 5 heteroatoms. The summed E-state index contributed by atoms with van der Waals surface area (Å²) in [7, 11) is 1.72. The van der Waals surface area contributed by atoms with Gasteiger partial charge >= 0.3 is 5.97 Å². The monoisotopic (exact) mass is 234 g/mol. The van der Waals surface area contributed by atoms with E-state index >= 15 is 0 Å². The van der Waals surface area contributed by atoms with Gasteiger partial charge in [0.15, 0.2) is 0 Å². The number of carbonyl (C=O) groups excluding carboxylic acids is 1. The van der Waals surface area contributed by atoms with Crippen LogP contribution in [0.2, 0.25) is 0 Å². The molecule has 2 N–H and O–H groups in total. The summed E-state index contributed by atoms with van der Waals surface area (Å²) in [5.41, 5.74) is 2.30. The Hall–Kier alpha value is -2.04. The fourth-order valence-corrected chi connectivity index (χ4v) is 1.98. The molecule has 0 spiro atoms. The molecule has 0 bridgehead atoms. The maximum absolute atomic E-state index is 11.7. The summed E-state index contributed by atoms with van der Waals surface area (Å²) < 4.78 is 0. The number of carboxylic acids is 1. The van der Waals surface area contributed by atoms with Crippen molar-refractivity contribution in [2.45, 2.75) is 19.4 Å². The minimum absolute atomic E-state index is 0.00323. The Balaban J connectivity index is 2.36. The molecule has 2 rings (SSSR count). The molecule has 17 heavy (non-hydrogen) atoms. The van der Waals surface area contributed by atoms with Crippen LogP contribution in [-0.2, 0) is 16.0 Å². The van der Waals surface area contributed by atoms with Gasteiger partial charge in [0.05, 0.1) is 17.8 Å². The number of nitrogens with zero attached hydrogens (tertiary/aromatic N) is 1. The molecular formula is C12H14N2O3. The van der Waals surface area contributed by atoms with E-state index in [1.165, 1.54) is 0 Å². The van der Waals surface area contributed by atoms with Crippen LogP contribution in [0.15, 0.2) is 18.2 Å². The molecule has 0 fully saturated rings. The first kappa shape index (κ1) is 11.4. The number of likely N-dealkylation sites (N-methyl/N-ethyl adjacent to an activating group) is 1. The molecule has 1 aliphatic rings. The summed E-state index contributed by atoms with van der Waals surface area (Å²) in [6.07, 6.45) is -0.0129. The lowest BCUT2D eigenvalue weighted by Gasteiger charge is -2.31. The van der Waals surface area contributed by atoms with Crippen molar-refractivity contribution >= 4 is 23.3 Å². The largest absolute Gasteiger partial charge is 0.481 e. The van der Waals surface area contributed by atoms with Crippen molar-refractivity contribution in [3.63, 3.8) is 0 Å². The zero-order valence-electron chi connectivity index (χ0n) is 9.73. The van der Waals surface area contributed by atoms with E-state index in [-0.39, 0.29) is 18.4 Å². The zero-order chi connectivity index (χ0) is 12.6. The van der Waals surface area contributed by atoms with Crippen molar-refractivity contribution in [1.29, 1.82) is 0 Å². The lowest BCUT2D eigenvalue weighted by atomic mass is 10.1. The van der Waals surface area contributed by atoms with E-state index in [4.69, 9.17) is 5.11 Å². The van der Waals surface area contributed by atoms with Crippen LogP contribution in [0.4, 0.5) is 11.4 Å². The highest BCUT2D eigenvalue weighted by atomic mass is 16.4. The Kier molecular flexibility index (Phi) is 2.75. The van der Waals surface area contributed by atoms with Crippen LogP contribution >= 0.6 is 0 Å². The van der Waals surface area contributed by atoms with Crippen LogP contribution in [0.3, 0.4) is 0 Å². The molecule has 0 aromatic heterocycles. The average Bonchev–Trinajstić information content (AvgIpc) is 2.25. The van der Waals surface area contributed by atoms with Crippen molar-refractivity contribution in [2.24, 2.45) is 0 Å². The third kappa shape index (κ3) is 2.08. The third-order valence-corrected chi connectivity index (χ3v) is 2.85. The van der Waals surface area contributed by atoms with Gasteiger partial charge in [-0.25, -0.2) is 0 Å². The van der Waals surface area contributed by atoms with Gasteiger partial charge in [-0.05, 0) is 24.6 Å². The minimum Gasteiger partial charge on any atom is -0.481 e. The molecule has 0 saturated carbocycles. The van der Waals surface area contributed by atoms with E-state index in [2.05, 4.69) is 5.32 Å². The number of hydrogen-bond acceptors (Lipinski definition) is 3. The summed E-state index contributed by atoms with van der Waals surface area (Å²) in [5.74, 6) is -0.860. The van der Waals surface area contributed by atoms with Crippen molar-refractivity contribution < 1.29 is 14.7 Å². The first-order chi connectivity index (χ1) is 7.99. The van der Waals surface area contributed by atoms with Gasteiger partial charge in [0.1, 0.15) is 6.04 Å². The number of nitrogens with one attached hydrogen (secondary N) is 1. The normalized spacial score (nSPS) is 18.6. The molecule has 1 atom stereocenters. The second-order valence-corrected chi connectivity index (χ2v) is 4.19. The first-order valence-corrected chi connectivity index (χ1v) is 5.38. The Labute approximate surface area is 99.0 Å². The van der Waals surface area contributed by atoms with Crippen molar-refractivity contribution in [3.8, 4) is 0 Å². The van der Waals surface area contributed by atoms with Crippen molar-refractivity contribution in [2.75, 3.05) is 17.3 Å². The summed E-state index contributed by atoms with van der Waals surface area (Å²) in [4.78, 5) is 23.9. The number of hydrogen-bond donors (Lipinski definition) is 2. The number of fused-ring (bicyclic) bond motifs is 1. The number of anilines is 2. The van der Waals surface area contributed by atoms with Gasteiger partial charge in [0.25, 0.3) is 0 Å². The number of amides is 1. The van der Waals surface area contributed by atoms with E-state index in [9.17, 15) is 9.59 Å². The minimum atomic E-state index is -0.863. The van der Waals surface area contributed by atoms with Crippen LogP contribution in [0.1, 0.15) is 12.5 Å². The number of aliphatic carboxylic acids is 1. The lowest BCUT2D eigenvalue weighted by Crippen LogP contribution is -2.43. The summed E-state index contributed by atoms with van der Waals surface area (Å²) >= 11 is 0. The van der Waals surface area contributed by atoms with E-state index in [0.29, 0.717) is 0 Å². The quantitative estimate of drug-likeness (QED) is 0.803. The standard InChI is InChI=1S/C12H14N2O3/c1-7-12(17)14(2)10-4-3-8(6-11(15)16)5-9(10)13-7/h3-5,7,13H,6H2,1-2H3,(H,15,16). The van der Waals surface area contributed by atoms with Crippen LogP contribution in [-0.4, -0.2) is 30.1 Å². The Bertz CT molecular complexity index is 485. The molecule has 1 amide bonds. The first-order valence-electron chi connectivity index (χ1n) is 5.38. The molecular weight excluding hydrogens is 220 g/mol. The van der Waals surface area contributed by atoms with E-state index in [1.807, 2.05) is 0 Å². The van der Waals surface area contributed by atoms with Gasteiger partial charge in [-0.2, -0.15) is 0 Å². The van der Waals surface area contributed by atoms with E-state index in [1.54, 1.807) is 37.1 Å². The van der Waals surface area contributed by atoms with Crippen LogP contribution < -0.4 is 10.2 Å². The number of carboxylic acid groups (broad SMARTS) is 1. The van der Waals surface area contributed by atoms with Crippen molar-refractivity contribution in [1.82, 2.24) is 0 Å². The molecule has 90 valence electrons. The highest BCUT2D eigenvalue weighted by Crippen LogP contribution is 2.31. The second-order valence-electron chi connectivity index (χ2n) is 4.19. The second kappa shape index (κ2) is 4.08. The molecule has 0 aliphatic carbocycles.